The molecule has 7 rings (SSSR count). The molecule has 0 aliphatic heterocycles. The minimum Gasteiger partial charge on any atom is -0.376 e. The summed E-state index contributed by atoms with van der Waals surface area (Å²) in [5, 5.41) is 14.6. The molecule has 0 spiro atoms. The standard InChI is InChI=1S/C49H46N4O3/c1-2-3-28-46(54)45(47(55)33-34-56-36-38-18-8-4-9-19-38)35-37-29-31-39(32-30-37)43-26-16-17-27-44(43)48-50-52-53(51-48)49(40-20-10-5-11-21-40,41-22-12-6-13-23-41)42-24-14-7-15-25-42/h4-27,29-32,45H,2-3,28,33-36H2,1H3. The van der Waals surface area contributed by atoms with Gasteiger partial charge in [-0.25, -0.2) is 0 Å². The number of nitrogens with zero attached hydrogens (tertiary/aromatic N) is 4. The van der Waals surface area contributed by atoms with Crippen LogP contribution in [-0.4, -0.2) is 38.4 Å². The number of rotatable bonds is 18. The van der Waals surface area contributed by atoms with Crippen molar-refractivity contribution in [1.82, 2.24) is 20.2 Å². The summed E-state index contributed by atoms with van der Waals surface area (Å²) in [4.78, 5) is 28.6. The Bertz CT molecular complexity index is 2210. The lowest BCUT2D eigenvalue weighted by Gasteiger charge is -2.34. The summed E-state index contributed by atoms with van der Waals surface area (Å²) in [5.74, 6) is -0.265. The lowest BCUT2D eigenvalue weighted by Crippen LogP contribution is -2.39. The van der Waals surface area contributed by atoms with Gasteiger partial charge in [-0.05, 0) is 57.0 Å². The summed E-state index contributed by atoms with van der Waals surface area (Å²) in [6, 6.07) is 56.9. The van der Waals surface area contributed by atoms with Gasteiger partial charge >= 0.3 is 0 Å². The fraction of sp³-hybridized carbons (Fsp3) is 0.204. The van der Waals surface area contributed by atoms with E-state index in [0.717, 1.165) is 57.3 Å². The Morgan fingerprint density at radius 1 is 0.607 bits per heavy atom. The van der Waals surface area contributed by atoms with Gasteiger partial charge in [-0.15, -0.1) is 15.0 Å². The Kier molecular flexibility index (Phi) is 12.4. The number of unbranched alkanes of at least 4 members (excludes halogenated alkanes) is 1. The number of aromatic nitrogens is 4. The van der Waals surface area contributed by atoms with Crippen LogP contribution < -0.4 is 0 Å². The van der Waals surface area contributed by atoms with E-state index >= 15 is 0 Å². The number of carbonyl (C=O) groups is 2. The van der Waals surface area contributed by atoms with E-state index in [-0.39, 0.29) is 24.6 Å². The zero-order chi connectivity index (χ0) is 38.6. The lowest BCUT2D eigenvalue weighted by molar-refractivity contribution is -0.133. The molecule has 0 bridgehead atoms. The molecule has 0 saturated heterocycles. The molecule has 0 amide bonds. The van der Waals surface area contributed by atoms with Gasteiger partial charge < -0.3 is 4.74 Å². The smallest absolute Gasteiger partial charge is 0.205 e. The van der Waals surface area contributed by atoms with Crippen LogP contribution in [0.1, 0.15) is 60.4 Å². The highest BCUT2D eigenvalue weighted by atomic mass is 16.5. The van der Waals surface area contributed by atoms with Gasteiger partial charge in [0.15, 0.2) is 5.54 Å². The Hall–Kier alpha value is -6.31. The Morgan fingerprint density at radius 2 is 1.12 bits per heavy atom. The van der Waals surface area contributed by atoms with Gasteiger partial charge in [0.25, 0.3) is 0 Å². The van der Waals surface area contributed by atoms with E-state index in [0.29, 0.717) is 25.3 Å². The fourth-order valence-electron chi connectivity index (χ4n) is 7.38. The van der Waals surface area contributed by atoms with E-state index in [1.165, 1.54) is 0 Å². The van der Waals surface area contributed by atoms with Crippen LogP contribution in [0.3, 0.4) is 0 Å². The normalized spacial score (nSPS) is 11.9. The van der Waals surface area contributed by atoms with Crippen molar-refractivity contribution in [2.24, 2.45) is 5.92 Å². The molecule has 0 aliphatic carbocycles. The van der Waals surface area contributed by atoms with E-state index in [4.69, 9.17) is 20.1 Å². The van der Waals surface area contributed by atoms with Crippen molar-refractivity contribution in [3.8, 4) is 22.5 Å². The van der Waals surface area contributed by atoms with Crippen molar-refractivity contribution in [2.75, 3.05) is 6.61 Å². The van der Waals surface area contributed by atoms with Gasteiger partial charge in [-0.1, -0.05) is 183 Å². The first-order chi connectivity index (χ1) is 27.6. The van der Waals surface area contributed by atoms with Gasteiger partial charge in [0.2, 0.25) is 5.82 Å². The number of tetrazole rings is 1. The van der Waals surface area contributed by atoms with Crippen molar-refractivity contribution in [2.45, 2.75) is 51.2 Å². The molecule has 1 atom stereocenters. The molecule has 0 saturated carbocycles. The highest BCUT2D eigenvalue weighted by Gasteiger charge is 2.41. The van der Waals surface area contributed by atoms with E-state index in [9.17, 15) is 9.59 Å². The SMILES string of the molecule is CCCCC(=O)C(Cc1ccc(-c2ccccc2-c2nnn(C(c3ccccc3)(c3ccccc3)c3ccccc3)n2)cc1)C(=O)CCOCc1ccccc1. The van der Waals surface area contributed by atoms with Crippen molar-refractivity contribution in [1.29, 1.82) is 0 Å². The molecular weight excluding hydrogens is 693 g/mol. The summed E-state index contributed by atoms with van der Waals surface area (Å²) in [5.41, 5.74) is 6.88. The molecule has 1 aromatic heterocycles. The summed E-state index contributed by atoms with van der Waals surface area (Å²) in [6.45, 7) is 2.77. The summed E-state index contributed by atoms with van der Waals surface area (Å²) in [7, 11) is 0. The molecule has 0 radical (unpaired) electrons. The van der Waals surface area contributed by atoms with Crippen LogP contribution in [0.4, 0.5) is 0 Å². The maximum absolute atomic E-state index is 13.5. The third kappa shape index (κ3) is 8.49. The first-order valence-corrected chi connectivity index (χ1v) is 19.4. The quantitative estimate of drug-likeness (QED) is 0.0495. The van der Waals surface area contributed by atoms with Crippen LogP contribution >= 0.6 is 0 Å². The molecule has 7 heteroatoms. The number of ether oxygens (including phenoxy) is 1. The van der Waals surface area contributed by atoms with Gasteiger partial charge in [-0.3, -0.25) is 9.59 Å². The molecule has 56 heavy (non-hydrogen) atoms. The Morgan fingerprint density at radius 3 is 1.70 bits per heavy atom. The predicted molar refractivity (Wildman–Crippen MR) is 221 cm³/mol. The first-order valence-electron chi connectivity index (χ1n) is 19.4. The second-order valence-corrected chi connectivity index (χ2v) is 14.0. The average Bonchev–Trinajstić information content (AvgIpc) is 3.76. The first kappa shape index (κ1) is 38.0. The van der Waals surface area contributed by atoms with E-state index in [2.05, 4.69) is 49.4 Å². The molecule has 0 fully saturated rings. The third-order valence-electron chi connectivity index (χ3n) is 10.3. The minimum atomic E-state index is -0.887. The van der Waals surface area contributed by atoms with Crippen LogP contribution in [0.5, 0.6) is 0 Å². The number of hydrogen-bond donors (Lipinski definition) is 0. The Balaban J connectivity index is 1.16. The molecule has 1 heterocycles. The predicted octanol–water partition coefficient (Wildman–Crippen LogP) is 9.94. The van der Waals surface area contributed by atoms with Crippen LogP contribution in [-0.2, 0) is 32.9 Å². The van der Waals surface area contributed by atoms with E-state index in [1.54, 1.807) is 4.80 Å². The number of carbonyl (C=O) groups excluding carboxylic acids is 2. The summed E-state index contributed by atoms with van der Waals surface area (Å²) < 4.78 is 5.80. The van der Waals surface area contributed by atoms with Crippen molar-refractivity contribution >= 4 is 11.6 Å². The van der Waals surface area contributed by atoms with Crippen molar-refractivity contribution in [3.63, 3.8) is 0 Å². The van der Waals surface area contributed by atoms with E-state index in [1.807, 2.05) is 127 Å². The molecule has 0 aliphatic rings. The van der Waals surface area contributed by atoms with Crippen LogP contribution in [0.2, 0.25) is 0 Å². The zero-order valence-electron chi connectivity index (χ0n) is 31.7. The number of Topliss-reactive ketones (excluding diaryl/α,β-unsaturated/α-hetero) is 2. The monoisotopic (exact) mass is 738 g/mol. The second-order valence-electron chi connectivity index (χ2n) is 14.0. The molecule has 6 aromatic carbocycles. The zero-order valence-corrected chi connectivity index (χ0v) is 31.7. The second kappa shape index (κ2) is 18.3. The van der Waals surface area contributed by atoms with Crippen molar-refractivity contribution < 1.29 is 14.3 Å². The molecular formula is C49H46N4O3. The Labute approximate surface area is 329 Å². The molecule has 1 unspecified atom stereocenters. The lowest BCUT2D eigenvalue weighted by atomic mass is 9.77. The molecule has 0 N–H and O–H groups in total. The van der Waals surface area contributed by atoms with Gasteiger partial charge in [0.05, 0.1) is 19.1 Å². The van der Waals surface area contributed by atoms with Crippen molar-refractivity contribution in [3.05, 3.63) is 198 Å². The molecule has 7 nitrogen and oxygen atoms in total. The summed E-state index contributed by atoms with van der Waals surface area (Å²) >= 11 is 0. The van der Waals surface area contributed by atoms with Gasteiger partial charge in [0.1, 0.15) is 11.6 Å². The number of hydrogen-bond acceptors (Lipinski definition) is 6. The highest BCUT2D eigenvalue weighted by Crippen LogP contribution is 2.40. The third-order valence-corrected chi connectivity index (χ3v) is 10.3. The largest absolute Gasteiger partial charge is 0.376 e. The molecule has 280 valence electrons. The highest BCUT2D eigenvalue weighted by molar-refractivity contribution is 6.02. The minimum absolute atomic E-state index is 0.000997. The topological polar surface area (TPSA) is 87.0 Å². The average molecular weight is 739 g/mol. The number of benzene rings is 6. The van der Waals surface area contributed by atoms with Crippen LogP contribution in [0, 0.1) is 5.92 Å². The van der Waals surface area contributed by atoms with Gasteiger partial charge in [0, 0.05) is 18.4 Å². The maximum Gasteiger partial charge on any atom is 0.205 e. The fourth-order valence-corrected chi connectivity index (χ4v) is 7.38. The summed E-state index contributed by atoms with van der Waals surface area (Å²) in [6.07, 6.45) is 2.63. The maximum atomic E-state index is 13.5. The number of ketones is 2. The van der Waals surface area contributed by atoms with Crippen LogP contribution in [0.25, 0.3) is 22.5 Å². The van der Waals surface area contributed by atoms with Crippen LogP contribution in [0.15, 0.2) is 170 Å². The van der Waals surface area contributed by atoms with Gasteiger partial charge in [-0.2, -0.15) is 0 Å². The van der Waals surface area contributed by atoms with E-state index < -0.39 is 11.5 Å². The molecule has 7 aromatic rings.